The molecule has 0 aromatic rings. The van der Waals surface area contributed by atoms with Crippen LogP contribution in [0.4, 0.5) is 0 Å². The molecular weight excluding hydrogens is 220 g/mol. The molecule has 1 amide bonds. The zero-order valence-electron chi connectivity index (χ0n) is 11.1. The summed E-state index contributed by atoms with van der Waals surface area (Å²) >= 11 is 0. The number of aliphatic hydroxyl groups is 2. The highest BCUT2D eigenvalue weighted by molar-refractivity contribution is 5.78. The number of hydrogen-bond acceptors (Lipinski definition) is 4. The maximum Gasteiger partial charge on any atom is 0.236 e. The first-order valence-corrected chi connectivity index (χ1v) is 6.41. The number of hydrogen-bond donors (Lipinski definition) is 2. The van der Waals surface area contributed by atoms with E-state index < -0.39 is 0 Å². The molecule has 0 atom stereocenters. The van der Waals surface area contributed by atoms with Gasteiger partial charge in [0.1, 0.15) is 0 Å². The largest absolute Gasteiger partial charge is 0.395 e. The zero-order valence-corrected chi connectivity index (χ0v) is 11.1. The van der Waals surface area contributed by atoms with Crippen molar-refractivity contribution in [3.05, 3.63) is 0 Å². The highest BCUT2D eigenvalue weighted by Gasteiger charge is 2.15. The standard InChI is InChI=1S/C12H26N2O3/c1-3-5-14(6-4-2)12(17)11-13(7-9-15)8-10-16/h15-16H,3-11H2,1-2H3. The third-order valence-electron chi connectivity index (χ3n) is 2.53. The molecule has 0 rings (SSSR count). The number of carbonyl (C=O) groups is 1. The van der Waals surface area contributed by atoms with Gasteiger partial charge < -0.3 is 15.1 Å². The number of rotatable bonds is 10. The van der Waals surface area contributed by atoms with Crippen molar-refractivity contribution in [2.24, 2.45) is 0 Å². The summed E-state index contributed by atoms with van der Waals surface area (Å²) in [6, 6.07) is 0. The van der Waals surface area contributed by atoms with E-state index >= 15 is 0 Å². The summed E-state index contributed by atoms with van der Waals surface area (Å²) < 4.78 is 0. The van der Waals surface area contributed by atoms with E-state index in [1.165, 1.54) is 0 Å². The second kappa shape index (κ2) is 10.5. The molecule has 0 saturated carbocycles. The van der Waals surface area contributed by atoms with Crippen LogP contribution in [-0.4, -0.2) is 71.9 Å². The van der Waals surface area contributed by atoms with Gasteiger partial charge in [-0.05, 0) is 12.8 Å². The Bertz CT molecular complexity index is 188. The fourth-order valence-electron chi connectivity index (χ4n) is 1.75. The van der Waals surface area contributed by atoms with Gasteiger partial charge in [-0.1, -0.05) is 13.8 Å². The van der Waals surface area contributed by atoms with Crippen molar-refractivity contribution >= 4 is 5.91 Å². The van der Waals surface area contributed by atoms with Crippen LogP contribution in [0.1, 0.15) is 26.7 Å². The molecule has 0 radical (unpaired) electrons. The summed E-state index contributed by atoms with van der Waals surface area (Å²) in [6.07, 6.45) is 1.90. The van der Waals surface area contributed by atoms with Crippen LogP contribution < -0.4 is 0 Å². The second-order valence-corrected chi connectivity index (χ2v) is 4.10. The summed E-state index contributed by atoms with van der Waals surface area (Å²) in [7, 11) is 0. The number of aliphatic hydroxyl groups excluding tert-OH is 2. The topological polar surface area (TPSA) is 64.0 Å². The Hall–Kier alpha value is -0.650. The van der Waals surface area contributed by atoms with Crippen LogP contribution in [0.3, 0.4) is 0 Å². The monoisotopic (exact) mass is 246 g/mol. The summed E-state index contributed by atoms with van der Waals surface area (Å²) in [5.74, 6) is 0.0793. The molecule has 0 fully saturated rings. The Morgan fingerprint density at radius 3 is 1.76 bits per heavy atom. The molecule has 0 aromatic heterocycles. The molecule has 0 aliphatic carbocycles. The molecule has 0 aliphatic heterocycles. The Morgan fingerprint density at radius 1 is 0.941 bits per heavy atom. The van der Waals surface area contributed by atoms with Gasteiger partial charge in [-0.2, -0.15) is 0 Å². The van der Waals surface area contributed by atoms with Crippen molar-refractivity contribution in [1.82, 2.24) is 9.80 Å². The molecule has 2 N–H and O–H groups in total. The van der Waals surface area contributed by atoms with Crippen molar-refractivity contribution in [3.8, 4) is 0 Å². The minimum Gasteiger partial charge on any atom is -0.395 e. The van der Waals surface area contributed by atoms with Crippen molar-refractivity contribution < 1.29 is 15.0 Å². The Morgan fingerprint density at radius 2 is 1.41 bits per heavy atom. The van der Waals surface area contributed by atoms with Gasteiger partial charge in [0, 0.05) is 26.2 Å². The second-order valence-electron chi connectivity index (χ2n) is 4.10. The van der Waals surface area contributed by atoms with E-state index in [2.05, 4.69) is 13.8 Å². The Balaban J connectivity index is 4.22. The molecule has 0 aliphatic rings. The molecule has 0 unspecified atom stereocenters. The number of amides is 1. The average Bonchev–Trinajstić information content (AvgIpc) is 2.29. The van der Waals surface area contributed by atoms with Gasteiger partial charge >= 0.3 is 0 Å². The fourth-order valence-corrected chi connectivity index (χ4v) is 1.75. The van der Waals surface area contributed by atoms with Crippen LogP contribution in [0.15, 0.2) is 0 Å². The van der Waals surface area contributed by atoms with Crippen LogP contribution in [0.25, 0.3) is 0 Å². The maximum absolute atomic E-state index is 12.0. The van der Waals surface area contributed by atoms with E-state index in [-0.39, 0.29) is 25.7 Å². The lowest BCUT2D eigenvalue weighted by atomic mass is 10.3. The smallest absolute Gasteiger partial charge is 0.236 e. The lowest BCUT2D eigenvalue weighted by Crippen LogP contribution is -2.43. The third kappa shape index (κ3) is 7.31. The normalized spacial score (nSPS) is 10.9. The lowest BCUT2D eigenvalue weighted by molar-refractivity contribution is -0.132. The van der Waals surface area contributed by atoms with Gasteiger partial charge in [0.05, 0.1) is 19.8 Å². The average molecular weight is 246 g/mol. The SMILES string of the molecule is CCCN(CCC)C(=O)CN(CCO)CCO. The van der Waals surface area contributed by atoms with Crippen LogP contribution in [-0.2, 0) is 4.79 Å². The number of nitrogens with zero attached hydrogens (tertiary/aromatic N) is 2. The van der Waals surface area contributed by atoms with Gasteiger partial charge in [0.25, 0.3) is 0 Å². The lowest BCUT2D eigenvalue weighted by Gasteiger charge is -2.26. The van der Waals surface area contributed by atoms with E-state index in [0.717, 1.165) is 25.9 Å². The van der Waals surface area contributed by atoms with Crippen molar-refractivity contribution in [2.45, 2.75) is 26.7 Å². The predicted molar refractivity (Wildman–Crippen MR) is 67.8 cm³/mol. The summed E-state index contributed by atoms with van der Waals surface area (Å²) in [5, 5.41) is 17.7. The van der Waals surface area contributed by atoms with E-state index in [4.69, 9.17) is 10.2 Å². The molecule has 5 nitrogen and oxygen atoms in total. The van der Waals surface area contributed by atoms with Gasteiger partial charge in [-0.15, -0.1) is 0 Å². The van der Waals surface area contributed by atoms with Gasteiger partial charge in [0.15, 0.2) is 0 Å². The van der Waals surface area contributed by atoms with Crippen LogP contribution in [0, 0.1) is 0 Å². The van der Waals surface area contributed by atoms with E-state index in [0.29, 0.717) is 13.1 Å². The Kier molecular flexibility index (Phi) is 10.1. The summed E-state index contributed by atoms with van der Waals surface area (Å²) in [6.45, 7) is 6.81. The first-order valence-electron chi connectivity index (χ1n) is 6.41. The van der Waals surface area contributed by atoms with E-state index in [1.54, 1.807) is 4.90 Å². The van der Waals surface area contributed by atoms with Gasteiger partial charge in [-0.25, -0.2) is 0 Å². The van der Waals surface area contributed by atoms with Crippen LogP contribution >= 0.6 is 0 Å². The first-order chi connectivity index (χ1) is 8.19. The molecule has 0 bridgehead atoms. The molecule has 102 valence electrons. The molecule has 0 spiro atoms. The minimum absolute atomic E-state index is 0.00877. The van der Waals surface area contributed by atoms with Gasteiger partial charge in [-0.3, -0.25) is 9.69 Å². The predicted octanol–water partition coefficient (Wildman–Crippen LogP) is -0.0784. The highest BCUT2D eigenvalue weighted by Crippen LogP contribution is 1.98. The van der Waals surface area contributed by atoms with Crippen molar-refractivity contribution in [3.63, 3.8) is 0 Å². The third-order valence-corrected chi connectivity index (χ3v) is 2.53. The molecule has 0 saturated heterocycles. The molecule has 0 aromatic carbocycles. The minimum atomic E-state index is 0.00877. The molecular formula is C12H26N2O3. The van der Waals surface area contributed by atoms with E-state index in [9.17, 15) is 4.79 Å². The summed E-state index contributed by atoms with van der Waals surface area (Å²) in [4.78, 5) is 15.6. The quantitative estimate of drug-likeness (QED) is 0.566. The molecule has 5 heteroatoms. The Labute approximate surface area is 104 Å². The first kappa shape index (κ1) is 16.4. The molecule has 17 heavy (non-hydrogen) atoms. The van der Waals surface area contributed by atoms with Crippen LogP contribution in [0.5, 0.6) is 0 Å². The highest BCUT2D eigenvalue weighted by atomic mass is 16.3. The van der Waals surface area contributed by atoms with Gasteiger partial charge in [0.2, 0.25) is 5.91 Å². The fraction of sp³-hybridized carbons (Fsp3) is 0.917. The van der Waals surface area contributed by atoms with Crippen molar-refractivity contribution in [1.29, 1.82) is 0 Å². The zero-order chi connectivity index (χ0) is 13.1. The van der Waals surface area contributed by atoms with Crippen molar-refractivity contribution in [2.75, 3.05) is 45.9 Å². The summed E-state index contributed by atoms with van der Waals surface area (Å²) in [5.41, 5.74) is 0. The van der Waals surface area contributed by atoms with Crippen LogP contribution in [0.2, 0.25) is 0 Å². The number of carbonyl (C=O) groups excluding carboxylic acids is 1. The maximum atomic E-state index is 12.0. The van der Waals surface area contributed by atoms with E-state index in [1.807, 2.05) is 4.90 Å². The molecule has 0 heterocycles.